The summed E-state index contributed by atoms with van der Waals surface area (Å²) in [5.41, 5.74) is 2.18. The van der Waals surface area contributed by atoms with E-state index in [2.05, 4.69) is 36.1 Å². The zero-order valence-electron chi connectivity index (χ0n) is 12.6. The van der Waals surface area contributed by atoms with Crippen LogP contribution in [0.5, 0.6) is 0 Å². The fourth-order valence-electron chi connectivity index (χ4n) is 2.67. The van der Waals surface area contributed by atoms with Gasteiger partial charge in [0, 0.05) is 38.3 Å². The first-order valence-corrected chi connectivity index (χ1v) is 7.39. The molecule has 0 spiro atoms. The molecule has 108 valence electrons. The normalized spacial score (nSPS) is 23.8. The number of nitrogens with zero attached hydrogens (tertiary/aromatic N) is 3. The summed E-state index contributed by atoms with van der Waals surface area (Å²) in [5.74, 6) is 0. The van der Waals surface area contributed by atoms with Gasteiger partial charge in [0.25, 0.3) is 0 Å². The first-order valence-electron chi connectivity index (χ1n) is 7.01. The van der Waals surface area contributed by atoms with E-state index in [1.165, 1.54) is 0 Å². The number of rotatable bonds is 3. The maximum atomic E-state index is 6.37. The lowest BCUT2D eigenvalue weighted by molar-refractivity contribution is 0.0555. The Morgan fingerprint density at radius 2 is 2.16 bits per heavy atom. The van der Waals surface area contributed by atoms with Gasteiger partial charge in [0.15, 0.2) is 0 Å². The van der Waals surface area contributed by atoms with Crippen LogP contribution >= 0.6 is 11.6 Å². The Morgan fingerprint density at radius 1 is 1.47 bits per heavy atom. The average molecular weight is 285 g/mol. The molecule has 0 aromatic carbocycles. The van der Waals surface area contributed by atoms with Crippen LogP contribution in [0.3, 0.4) is 0 Å². The van der Waals surface area contributed by atoms with E-state index in [9.17, 15) is 0 Å². The first-order chi connectivity index (χ1) is 8.85. The SMILES string of the molecule is CCC1CN(Cc2c(Cl)c(C)nn2C)C(C)(C)CN1. The topological polar surface area (TPSA) is 33.1 Å². The van der Waals surface area contributed by atoms with Crippen LogP contribution in [0.15, 0.2) is 0 Å². The smallest absolute Gasteiger partial charge is 0.0860 e. The van der Waals surface area contributed by atoms with Crippen molar-refractivity contribution in [3.05, 3.63) is 16.4 Å². The highest BCUT2D eigenvalue weighted by Crippen LogP contribution is 2.26. The predicted octanol–water partition coefficient (Wildman–Crippen LogP) is 2.34. The van der Waals surface area contributed by atoms with E-state index < -0.39 is 0 Å². The van der Waals surface area contributed by atoms with Crippen molar-refractivity contribution in [2.75, 3.05) is 13.1 Å². The Bertz CT molecular complexity index is 453. The number of hydrogen-bond acceptors (Lipinski definition) is 3. The van der Waals surface area contributed by atoms with E-state index in [1.54, 1.807) is 0 Å². The minimum atomic E-state index is 0.146. The molecule has 0 radical (unpaired) electrons. The quantitative estimate of drug-likeness (QED) is 0.925. The first kappa shape index (κ1) is 14.8. The molecule has 1 aliphatic rings. The van der Waals surface area contributed by atoms with Crippen molar-refractivity contribution < 1.29 is 0 Å². The Balaban J connectivity index is 2.19. The second-order valence-corrected chi connectivity index (χ2v) is 6.53. The van der Waals surface area contributed by atoms with Gasteiger partial charge in [-0.15, -0.1) is 0 Å². The minimum absolute atomic E-state index is 0.146. The maximum absolute atomic E-state index is 6.37. The molecule has 0 aliphatic carbocycles. The molecule has 1 N–H and O–H groups in total. The highest BCUT2D eigenvalue weighted by Gasteiger charge is 2.34. The summed E-state index contributed by atoms with van der Waals surface area (Å²) in [6.07, 6.45) is 1.16. The highest BCUT2D eigenvalue weighted by atomic mass is 35.5. The Labute approximate surface area is 121 Å². The number of nitrogens with one attached hydrogen (secondary N) is 1. The van der Waals surface area contributed by atoms with Gasteiger partial charge in [-0.2, -0.15) is 5.10 Å². The third kappa shape index (κ3) is 2.96. The third-order valence-electron chi connectivity index (χ3n) is 4.22. The molecule has 1 aromatic rings. The van der Waals surface area contributed by atoms with Gasteiger partial charge in [0.2, 0.25) is 0 Å². The summed E-state index contributed by atoms with van der Waals surface area (Å²) in [7, 11) is 1.97. The van der Waals surface area contributed by atoms with Crippen LogP contribution in [0.4, 0.5) is 0 Å². The summed E-state index contributed by atoms with van der Waals surface area (Å²) < 4.78 is 1.91. The summed E-state index contributed by atoms with van der Waals surface area (Å²) in [4.78, 5) is 2.51. The molecule has 1 atom stereocenters. The van der Waals surface area contributed by atoms with Crippen LogP contribution in [-0.4, -0.2) is 39.4 Å². The molecular weight excluding hydrogens is 260 g/mol. The molecule has 0 amide bonds. The fraction of sp³-hybridized carbons (Fsp3) is 0.786. The fourth-order valence-corrected chi connectivity index (χ4v) is 2.89. The van der Waals surface area contributed by atoms with Crippen molar-refractivity contribution in [3.8, 4) is 0 Å². The van der Waals surface area contributed by atoms with Crippen LogP contribution in [0.25, 0.3) is 0 Å². The van der Waals surface area contributed by atoms with Gasteiger partial charge in [-0.05, 0) is 27.2 Å². The predicted molar refractivity (Wildman–Crippen MR) is 79.5 cm³/mol. The average Bonchev–Trinajstić information content (AvgIpc) is 2.58. The second-order valence-electron chi connectivity index (χ2n) is 6.15. The third-order valence-corrected chi connectivity index (χ3v) is 4.71. The molecule has 4 nitrogen and oxygen atoms in total. The maximum Gasteiger partial charge on any atom is 0.0860 e. The standard InChI is InChI=1S/C14H25ClN4/c1-6-11-7-19(14(3,4)9-16-11)8-12-13(15)10(2)17-18(12)5/h11,16H,6-9H2,1-5H3. The molecule has 1 fully saturated rings. The molecule has 2 heterocycles. The lowest BCUT2D eigenvalue weighted by atomic mass is 9.96. The molecule has 1 unspecified atom stereocenters. The lowest BCUT2D eigenvalue weighted by Crippen LogP contribution is -2.61. The van der Waals surface area contributed by atoms with E-state index in [4.69, 9.17) is 11.6 Å². The van der Waals surface area contributed by atoms with Crippen LogP contribution in [-0.2, 0) is 13.6 Å². The minimum Gasteiger partial charge on any atom is -0.311 e. The van der Waals surface area contributed by atoms with Crippen LogP contribution < -0.4 is 5.32 Å². The zero-order chi connectivity index (χ0) is 14.2. The number of hydrogen-bond donors (Lipinski definition) is 1. The van der Waals surface area contributed by atoms with Gasteiger partial charge >= 0.3 is 0 Å². The number of halogens is 1. The molecular formula is C14H25ClN4. The molecule has 5 heteroatoms. The van der Waals surface area contributed by atoms with Crippen molar-refractivity contribution >= 4 is 11.6 Å². The van der Waals surface area contributed by atoms with Crippen molar-refractivity contribution in [1.29, 1.82) is 0 Å². The van der Waals surface area contributed by atoms with Crippen molar-refractivity contribution in [2.45, 2.75) is 52.2 Å². The summed E-state index contributed by atoms with van der Waals surface area (Å²) >= 11 is 6.37. The molecule has 2 rings (SSSR count). The van der Waals surface area contributed by atoms with E-state index in [0.29, 0.717) is 6.04 Å². The van der Waals surface area contributed by atoms with Crippen molar-refractivity contribution in [1.82, 2.24) is 20.0 Å². The van der Waals surface area contributed by atoms with E-state index >= 15 is 0 Å². The van der Waals surface area contributed by atoms with Gasteiger partial charge in [-0.25, -0.2) is 0 Å². The highest BCUT2D eigenvalue weighted by molar-refractivity contribution is 6.31. The number of aryl methyl sites for hydroxylation is 2. The molecule has 1 aliphatic heterocycles. The Hall–Kier alpha value is -0.580. The largest absolute Gasteiger partial charge is 0.311 e. The zero-order valence-corrected chi connectivity index (χ0v) is 13.4. The number of aromatic nitrogens is 2. The molecule has 1 saturated heterocycles. The van der Waals surface area contributed by atoms with E-state index in [1.807, 2.05) is 18.7 Å². The van der Waals surface area contributed by atoms with Crippen LogP contribution in [0, 0.1) is 6.92 Å². The molecule has 0 saturated carbocycles. The Kier molecular flexibility index (Phi) is 4.23. The van der Waals surface area contributed by atoms with Crippen molar-refractivity contribution in [3.63, 3.8) is 0 Å². The molecule has 0 bridgehead atoms. The van der Waals surface area contributed by atoms with Crippen LogP contribution in [0.2, 0.25) is 5.02 Å². The van der Waals surface area contributed by atoms with Gasteiger partial charge in [0.1, 0.15) is 0 Å². The van der Waals surface area contributed by atoms with Crippen LogP contribution in [0.1, 0.15) is 38.6 Å². The van der Waals surface area contributed by atoms with E-state index in [0.717, 1.165) is 42.5 Å². The Morgan fingerprint density at radius 3 is 2.68 bits per heavy atom. The lowest BCUT2D eigenvalue weighted by Gasteiger charge is -2.46. The monoisotopic (exact) mass is 284 g/mol. The van der Waals surface area contributed by atoms with Gasteiger partial charge in [-0.3, -0.25) is 9.58 Å². The summed E-state index contributed by atoms with van der Waals surface area (Å²) in [6, 6.07) is 0.570. The van der Waals surface area contributed by atoms with Gasteiger partial charge in [0.05, 0.1) is 16.4 Å². The number of piperazine rings is 1. The second kappa shape index (κ2) is 5.43. The van der Waals surface area contributed by atoms with Gasteiger partial charge in [-0.1, -0.05) is 18.5 Å². The van der Waals surface area contributed by atoms with E-state index in [-0.39, 0.29) is 5.54 Å². The molecule has 1 aromatic heterocycles. The summed E-state index contributed by atoms with van der Waals surface area (Å²) in [5, 5.41) is 8.83. The van der Waals surface area contributed by atoms with Crippen molar-refractivity contribution in [2.24, 2.45) is 7.05 Å². The van der Waals surface area contributed by atoms with Gasteiger partial charge < -0.3 is 5.32 Å². The molecule has 19 heavy (non-hydrogen) atoms. The summed E-state index contributed by atoms with van der Waals surface area (Å²) in [6.45, 7) is 11.7.